The van der Waals surface area contributed by atoms with Gasteiger partial charge < -0.3 is 19.6 Å². The number of likely N-dealkylation sites (tertiary alicyclic amines) is 1. The fourth-order valence-electron chi connectivity index (χ4n) is 4.05. The van der Waals surface area contributed by atoms with Crippen LogP contribution in [0.2, 0.25) is 0 Å². The maximum Gasteiger partial charge on any atom is 0.316 e. The second kappa shape index (κ2) is 8.60. The highest BCUT2D eigenvalue weighted by Gasteiger charge is 2.38. The van der Waals surface area contributed by atoms with E-state index in [1.54, 1.807) is 9.80 Å². The van der Waals surface area contributed by atoms with Crippen molar-refractivity contribution < 1.29 is 30.9 Å². The van der Waals surface area contributed by atoms with E-state index >= 15 is 0 Å². The highest BCUT2D eigenvalue weighted by atomic mass is 32.2. The Morgan fingerprint density at radius 2 is 1.91 bits per heavy atom. The fourth-order valence-corrected chi connectivity index (χ4v) is 4.68. The molecule has 4 rings (SSSR count). The highest BCUT2D eigenvalue weighted by Crippen LogP contribution is 2.28. The number of amides is 1. The summed E-state index contributed by atoms with van der Waals surface area (Å²) in [5, 5.41) is 6.46. The zero-order valence-electron chi connectivity index (χ0n) is 17.2. The van der Waals surface area contributed by atoms with Gasteiger partial charge in [0.1, 0.15) is 11.9 Å². The van der Waals surface area contributed by atoms with Crippen LogP contribution in [0.3, 0.4) is 0 Å². The number of halogens is 3. The average Bonchev–Trinajstić information content (AvgIpc) is 3.37. The third-order valence-corrected chi connectivity index (χ3v) is 6.85. The largest absolute Gasteiger partial charge is 0.371 e. The summed E-state index contributed by atoms with van der Waals surface area (Å²) < 4.78 is 67.3. The van der Waals surface area contributed by atoms with E-state index in [1.807, 2.05) is 0 Å². The lowest BCUT2D eigenvalue weighted by Crippen LogP contribution is -2.47. The van der Waals surface area contributed by atoms with Crippen LogP contribution < -0.4 is 10.2 Å². The second-order valence-corrected chi connectivity index (χ2v) is 9.90. The number of carbonyl (C=O) groups excluding carboxylic acids is 1. The molecule has 3 heterocycles. The van der Waals surface area contributed by atoms with Gasteiger partial charge in [0, 0.05) is 31.9 Å². The standard InChI is InChI=1S/C19H22F3N5O4S/c1-32(29,30)12-2-3-14(13(20)10-12)23-15-6-9-27(18(15)28)11-4-7-26(8-5-11)19-24-17(16(21)22)31-25-19/h2-3,10-11,15-16,23H,4-9H2,1H3. The molecule has 1 unspecified atom stereocenters. The number of hydrogen-bond donors (Lipinski definition) is 1. The van der Waals surface area contributed by atoms with Crippen LogP contribution in [0.5, 0.6) is 0 Å². The Kier molecular flexibility index (Phi) is 6.01. The van der Waals surface area contributed by atoms with Gasteiger partial charge in [0.05, 0.1) is 10.6 Å². The van der Waals surface area contributed by atoms with E-state index < -0.39 is 34.0 Å². The van der Waals surface area contributed by atoms with Crippen molar-refractivity contribution in [2.75, 3.05) is 36.1 Å². The van der Waals surface area contributed by atoms with E-state index in [-0.39, 0.29) is 28.5 Å². The van der Waals surface area contributed by atoms with E-state index in [9.17, 15) is 26.4 Å². The summed E-state index contributed by atoms with van der Waals surface area (Å²) in [4.78, 5) is 19.9. The van der Waals surface area contributed by atoms with Crippen LogP contribution in [-0.4, -0.2) is 67.3 Å². The predicted octanol–water partition coefficient (Wildman–Crippen LogP) is 2.23. The molecule has 1 atom stereocenters. The molecule has 2 fully saturated rings. The highest BCUT2D eigenvalue weighted by molar-refractivity contribution is 7.90. The van der Waals surface area contributed by atoms with Gasteiger partial charge in [-0.25, -0.2) is 12.8 Å². The molecule has 0 saturated carbocycles. The Bertz CT molecular complexity index is 1100. The van der Waals surface area contributed by atoms with Crippen LogP contribution in [0.15, 0.2) is 27.6 Å². The number of benzene rings is 1. The first-order valence-electron chi connectivity index (χ1n) is 10.1. The summed E-state index contributed by atoms with van der Waals surface area (Å²) in [6, 6.07) is 2.90. The molecular formula is C19H22F3N5O4S. The molecule has 174 valence electrons. The average molecular weight is 473 g/mol. The number of hydrogen-bond acceptors (Lipinski definition) is 8. The number of sulfone groups is 1. The lowest BCUT2D eigenvalue weighted by Gasteiger charge is -2.36. The number of alkyl halides is 2. The molecule has 2 aliphatic heterocycles. The van der Waals surface area contributed by atoms with Gasteiger partial charge in [-0.1, -0.05) is 0 Å². The number of anilines is 2. The van der Waals surface area contributed by atoms with Crippen LogP contribution in [0.4, 0.5) is 24.8 Å². The zero-order chi connectivity index (χ0) is 23.0. The van der Waals surface area contributed by atoms with Crippen molar-refractivity contribution in [2.45, 2.75) is 42.7 Å². The lowest BCUT2D eigenvalue weighted by atomic mass is 10.0. The van der Waals surface area contributed by atoms with Crippen molar-refractivity contribution in [3.63, 3.8) is 0 Å². The van der Waals surface area contributed by atoms with Crippen molar-refractivity contribution in [1.29, 1.82) is 0 Å². The van der Waals surface area contributed by atoms with Gasteiger partial charge in [-0.3, -0.25) is 4.79 Å². The smallest absolute Gasteiger partial charge is 0.316 e. The van der Waals surface area contributed by atoms with Gasteiger partial charge in [-0.15, -0.1) is 0 Å². The van der Waals surface area contributed by atoms with E-state index in [2.05, 4.69) is 20.0 Å². The Morgan fingerprint density at radius 3 is 2.50 bits per heavy atom. The summed E-state index contributed by atoms with van der Waals surface area (Å²) in [6.07, 6.45) is -0.139. The Morgan fingerprint density at radius 1 is 1.19 bits per heavy atom. The van der Waals surface area contributed by atoms with Crippen LogP contribution in [0.1, 0.15) is 31.6 Å². The van der Waals surface area contributed by atoms with Gasteiger partial charge >= 0.3 is 6.43 Å². The van der Waals surface area contributed by atoms with E-state index in [0.29, 0.717) is 38.9 Å². The number of carbonyl (C=O) groups is 1. The second-order valence-electron chi connectivity index (χ2n) is 7.88. The maximum absolute atomic E-state index is 14.3. The normalized spacial score (nSPS) is 20.4. The molecule has 2 aliphatic rings. The third-order valence-electron chi connectivity index (χ3n) is 5.74. The first kappa shape index (κ1) is 22.4. The van der Waals surface area contributed by atoms with Gasteiger partial charge in [-0.2, -0.15) is 13.8 Å². The first-order valence-corrected chi connectivity index (χ1v) is 12.0. The van der Waals surface area contributed by atoms with Gasteiger partial charge in [0.15, 0.2) is 9.84 Å². The molecule has 0 aliphatic carbocycles. The quantitative estimate of drug-likeness (QED) is 0.681. The molecule has 1 amide bonds. The predicted molar refractivity (Wildman–Crippen MR) is 108 cm³/mol. The molecule has 9 nitrogen and oxygen atoms in total. The lowest BCUT2D eigenvalue weighted by molar-refractivity contribution is -0.130. The molecule has 2 aromatic rings. The molecule has 0 radical (unpaired) electrons. The Labute approximate surface area is 182 Å². The van der Waals surface area contributed by atoms with Gasteiger partial charge in [0.2, 0.25) is 5.91 Å². The molecule has 2 saturated heterocycles. The molecule has 0 spiro atoms. The van der Waals surface area contributed by atoms with Crippen molar-refractivity contribution >= 4 is 27.4 Å². The summed E-state index contributed by atoms with van der Waals surface area (Å²) in [5.74, 6) is -1.51. The molecule has 1 aromatic carbocycles. The van der Waals surface area contributed by atoms with Crippen molar-refractivity contribution in [3.8, 4) is 0 Å². The molecule has 1 N–H and O–H groups in total. The molecule has 13 heteroatoms. The third kappa shape index (κ3) is 4.52. The number of piperidine rings is 1. The van der Waals surface area contributed by atoms with Gasteiger partial charge in [-0.05, 0) is 42.6 Å². The van der Waals surface area contributed by atoms with Crippen molar-refractivity contribution in [1.82, 2.24) is 15.0 Å². The molecule has 0 bridgehead atoms. The van der Waals surface area contributed by atoms with Crippen molar-refractivity contribution in [3.05, 3.63) is 29.9 Å². The minimum atomic E-state index is -3.53. The zero-order valence-corrected chi connectivity index (χ0v) is 18.0. The summed E-state index contributed by atoms with van der Waals surface area (Å²) >= 11 is 0. The van der Waals surface area contributed by atoms with E-state index in [0.717, 1.165) is 12.3 Å². The van der Waals surface area contributed by atoms with E-state index in [4.69, 9.17) is 0 Å². The first-order chi connectivity index (χ1) is 15.1. The number of rotatable bonds is 6. The molecular weight excluding hydrogens is 451 g/mol. The summed E-state index contributed by atoms with van der Waals surface area (Å²) in [6.45, 7) is 1.47. The fraction of sp³-hybridized carbons (Fsp3) is 0.526. The summed E-state index contributed by atoms with van der Waals surface area (Å²) in [7, 11) is -3.53. The number of nitrogens with zero attached hydrogens (tertiary/aromatic N) is 4. The van der Waals surface area contributed by atoms with Crippen LogP contribution in [0.25, 0.3) is 0 Å². The molecule has 1 aromatic heterocycles. The Balaban J connectivity index is 1.35. The van der Waals surface area contributed by atoms with Gasteiger partial charge in [0.25, 0.3) is 11.8 Å². The SMILES string of the molecule is CS(=O)(=O)c1ccc(NC2CCN(C3CCN(c4noc(C(F)F)n4)CC3)C2=O)c(F)c1. The minimum Gasteiger partial charge on any atom is -0.371 e. The summed E-state index contributed by atoms with van der Waals surface area (Å²) in [5.41, 5.74) is 0.0689. The van der Waals surface area contributed by atoms with Crippen molar-refractivity contribution in [2.24, 2.45) is 0 Å². The monoisotopic (exact) mass is 473 g/mol. The maximum atomic E-state index is 14.3. The Hall–Kier alpha value is -2.83. The molecule has 32 heavy (non-hydrogen) atoms. The number of aromatic nitrogens is 2. The van der Waals surface area contributed by atoms with Crippen LogP contribution in [-0.2, 0) is 14.6 Å². The topological polar surface area (TPSA) is 109 Å². The van der Waals surface area contributed by atoms with E-state index in [1.165, 1.54) is 12.1 Å². The number of nitrogens with one attached hydrogen (secondary N) is 1. The van der Waals surface area contributed by atoms with Crippen LogP contribution >= 0.6 is 0 Å². The minimum absolute atomic E-state index is 0.0375. The van der Waals surface area contributed by atoms with Crippen LogP contribution in [0, 0.1) is 5.82 Å².